The van der Waals surface area contributed by atoms with Crippen molar-refractivity contribution in [2.24, 2.45) is 0 Å². The van der Waals surface area contributed by atoms with Crippen LogP contribution in [0.1, 0.15) is 22.7 Å². The summed E-state index contributed by atoms with van der Waals surface area (Å²) >= 11 is 0. The summed E-state index contributed by atoms with van der Waals surface area (Å²) in [6, 6.07) is 26.5. The Balaban J connectivity index is 1.62. The van der Waals surface area contributed by atoms with Crippen LogP contribution >= 0.6 is 0 Å². The molecule has 0 bridgehead atoms. The van der Waals surface area contributed by atoms with E-state index >= 15 is 4.39 Å². The molecule has 1 atom stereocenters. The van der Waals surface area contributed by atoms with Crippen LogP contribution in [0.4, 0.5) is 10.1 Å². The number of para-hydroxylation sites is 1. The number of methoxy groups -OCH3 is 1. The number of ether oxygens (including phenoxy) is 1. The Morgan fingerprint density at radius 3 is 2.48 bits per heavy atom. The molecule has 4 aromatic carbocycles. The number of fused-ring (bicyclic) bond motifs is 1. The first-order valence-corrected chi connectivity index (χ1v) is 12.8. The molecule has 2 amide bonds. The van der Waals surface area contributed by atoms with Gasteiger partial charge < -0.3 is 10.1 Å². The first-order valence-electron chi connectivity index (χ1n) is 12.8. The molecule has 1 heterocycles. The van der Waals surface area contributed by atoms with Crippen molar-refractivity contribution in [3.05, 3.63) is 120 Å². The van der Waals surface area contributed by atoms with Gasteiger partial charge in [0.2, 0.25) is 11.8 Å². The molecule has 0 aliphatic rings. The number of carbonyl (C=O) groups excluding carboxylic acids is 2. The maximum atomic E-state index is 15.4. The highest BCUT2D eigenvalue weighted by atomic mass is 19.1. The van der Waals surface area contributed by atoms with Gasteiger partial charge in [0.15, 0.2) is 0 Å². The molecule has 9 heteroatoms. The van der Waals surface area contributed by atoms with Crippen molar-refractivity contribution in [3.63, 3.8) is 0 Å². The molecule has 0 aliphatic carbocycles. The van der Waals surface area contributed by atoms with Crippen LogP contribution in [0.3, 0.4) is 0 Å². The van der Waals surface area contributed by atoms with Gasteiger partial charge in [0.25, 0.3) is 0 Å². The Morgan fingerprint density at radius 1 is 0.975 bits per heavy atom. The fraction of sp³-hybridized carbons (Fsp3) is 0.161. The second kappa shape index (κ2) is 11.8. The monoisotopic (exact) mass is 537 g/mol. The van der Waals surface area contributed by atoms with Crippen molar-refractivity contribution in [2.45, 2.75) is 26.1 Å². The van der Waals surface area contributed by atoms with Crippen molar-refractivity contribution in [2.75, 3.05) is 12.0 Å². The number of hydrogen-bond acceptors (Lipinski definition) is 5. The van der Waals surface area contributed by atoms with E-state index in [1.807, 2.05) is 55.5 Å². The lowest BCUT2D eigenvalue weighted by Crippen LogP contribution is -2.45. The van der Waals surface area contributed by atoms with E-state index in [0.29, 0.717) is 22.5 Å². The molecule has 5 aromatic rings. The highest BCUT2D eigenvalue weighted by Gasteiger charge is 2.36. The zero-order valence-corrected chi connectivity index (χ0v) is 22.1. The molecule has 1 N–H and O–H groups in total. The van der Waals surface area contributed by atoms with Gasteiger partial charge in [0.05, 0.1) is 18.3 Å². The molecule has 0 unspecified atom stereocenters. The van der Waals surface area contributed by atoms with Gasteiger partial charge in [-0.15, -0.1) is 5.10 Å². The minimum absolute atomic E-state index is 0.0495. The first-order chi connectivity index (χ1) is 19.5. The van der Waals surface area contributed by atoms with Gasteiger partial charge in [-0.3, -0.25) is 14.5 Å². The minimum Gasteiger partial charge on any atom is -0.495 e. The number of aromatic nitrogens is 3. The third-order valence-electron chi connectivity index (χ3n) is 6.58. The molecule has 0 saturated carbocycles. The fourth-order valence-corrected chi connectivity index (χ4v) is 4.62. The molecule has 1 aromatic heterocycles. The number of halogens is 1. The average molecular weight is 538 g/mol. The molecular formula is C31H28FN5O3. The normalized spacial score (nSPS) is 11.7. The molecule has 0 aliphatic heterocycles. The predicted molar refractivity (Wildman–Crippen MR) is 150 cm³/mol. The smallest absolute Gasteiger partial charge is 0.249 e. The summed E-state index contributed by atoms with van der Waals surface area (Å²) in [5.41, 5.74) is 3.36. The van der Waals surface area contributed by atoms with Gasteiger partial charge in [-0.1, -0.05) is 71.9 Å². The van der Waals surface area contributed by atoms with E-state index < -0.39 is 23.7 Å². The Hall–Kier alpha value is -5.05. The number of anilines is 1. The van der Waals surface area contributed by atoms with E-state index in [2.05, 4.69) is 15.6 Å². The van der Waals surface area contributed by atoms with E-state index in [4.69, 9.17) is 4.74 Å². The molecular weight excluding hydrogens is 509 g/mol. The Labute approximate surface area is 231 Å². The van der Waals surface area contributed by atoms with Crippen molar-refractivity contribution < 1.29 is 18.7 Å². The topological polar surface area (TPSA) is 89.3 Å². The van der Waals surface area contributed by atoms with Crippen LogP contribution in [-0.2, 0) is 22.7 Å². The van der Waals surface area contributed by atoms with Gasteiger partial charge in [0, 0.05) is 12.1 Å². The SMILES string of the molecule is COc1ccc(C)cc1N(C(=O)Cn1nnc2ccccc21)[C@@H](C(=O)NCc1ccccc1)c1ccccc1F. The van der Waals surface area contributed by atoms with Crippen molar-refractivity contribution in [1.29, 1.82) is 0 Å². The largest absolute Gasteiger partial charge is 0.495 e. The quantitative estimate of drug-likeness (QED) is 0.287. The second-order valence-corrected chi connectivity index (χ2v) is 9.30. The van der Waals surface area contributed by atoms with Crippen LogP contribution in [-0.4, -0.2) is 33.9 Å². The lowest BCUT2D eigenvalue weighted by molar-refractivity contribution is -0.127. The summed E-state index contributed by atoms with van der Waals surface area (Å²) in [5, 5.41) is 11.2. The molecule has 0 fully saturated rings. The zero-order valence-electron chi connectivity index (χ0n) is 22.1. The zero-order chi connectivity index (χ0) is 28.1. The van der Waals surface area contributed by atoms with Gasteiger partial charge in [-0.2, -0.15) is 0 Å². The molecule has 5 rings (SSSR count). The van der Waals surface area contributed by atoms with Crippen LogP contribution in [0.25, 0.3) is 11.0 Å². The number of benzene rings is 4. The Bertz CT molecular complexity index is 1650. The molecule has 40 heavy (non-hydrogen) atoms. The molecule has 0 spiro atoms. The Morgan fingerprint density at radius 2 is 1.70 bits per heavy atom. The average Bonchev–Trinajstić information content (AvgIpc) is 3.38. The van der Waals surface area contributed by atoms with E-state index in [1.165, 1.54) is 28.8 Å². The fourth-order valence-electron chi connectivity index (χ4n) is 4.62. The van der Waals surface area contributed by atoms with Crippen LogP contribution in [0, 0.1) is 12.7 Å². The summed E-state index contributed by atoms with van der Waals surface area (Å²) in [6.45, 7) is 1.82. The molecule has 0 saturated heterocycles. The van der Waals surface area contributed by atoms with Gasteiger partial charge >= 0.3 is 0 Å². The third-order valence-corrected chi connectivity index (χ3v) is 6.58. The van der Waals surface area contributed by atoms with Crippen LogP contribution in [0.2, 0.25) is 0 Å². The van der Waals surface area contributed by atoms with Crippen molar-refractivity contribution in [1.82, 2.24) is 20.3 Å². The van der Waals surface area contributed by atoms with Gasteiger partial charge in [-0.25, -0.2) is 9.07 Å². The third kappa shape index (κ3) is 5.54. The number of aryl methyl sites for hydroxylation is 1. The van der Waals surface area contributed by atoms with Gasteiger partial charge in [-0.05, 0) is 48.4 Å². The highest BCUT2D eigenvalue weighted by Crippen LogP contribution is 2.37. The molecule has 8 nitrogen and oxygen atoms in total. The van der Waals surface area contributed by atoms with E-state index in [0.717, 1.165) is 11.1 Å². The van der Waals surface area contributed by atoms with E-state index in [1.54, 1.807) is 36.4 Å². The number of hydrogen-bond donors (Lipinski definition) is 1. The molecule has 202 valence electrons. The molecule has 0 radical (unpaired) electrons. The summed E-state index contributed by atoms with van der Waals surface area (Å²) in [5.74, 6) is -1.30. The number of rotatable bonds is 9. The predicted octanol–water partition coefficient (Wildman–Crippen LogP) is 4.98. The van der Waals surface area contributed by atoms with E-state index in [9.17, 15) is 9.59 Å². The van der Waals surface area contributed by atoms with Gasteiger partial charge in [0.1, 0.15) is 29.7 Å². The minimum atomic E-state index is -1.34. The summed E-state index contributed by atoms with van der Waals surface area (Å²) in [6.07, 6.45) is 0. The lowest BCUT2D eigenvalue weighted by Gasteiger charge is -2.33. The van der Waals surface area contributed by atoms with Crippen LogP contribution < -0.4 is 15.0 Å². The number of nitrogens with one attached hydrogen (secondary N) is 1. The summed E-state index contributed by atoms with van der Waals surface area (Å²) < 4.78 is 22.4. The first kappa shape index (κ1) is 26.6. The Kier molecular flexibility index (Phi) is 7.82. The maximum absolute atomic E-state index is 15.4. The maximum Gasteiger partial charge on any atom is 0.249 e. The van der Waals surface area contributed by atoms with Crippen LogP contribution in [0.15, 0.2) is 97.1 Å². The summed E-state index contributed by atoms with van der Waals surface area (Å²) in [4.78, 5) is 29.5. The standard InChI is InChI=1S/C31H28FN5O3/c1-21-16-17-28(40-2)27(18-21)37(29(38)20-36-26-15-9-8-14-25(26)34-35-36)30(23-12-6-7-13-24(23)32)31(39)33-19-22-10-4-3-5-11-22/h3-18,30H,19-20H2,1-2H3,(H,33,39)/t30-/m1/s1. The number of carbonyl (C=O) groups is 2. The second-order valence-electron chi connectivity index (χ2n) is 9.30. The summed E-state index contributed by atoms with van der Waals surface area (Å²) in [7, 11) is 1.48. The lowest BCUT2D eigenvalue weighted by atomic mass is 10.0. The van der Waals surface area contributed by atoms with Crippen LogP contribution in [0.5, 0.6) is 5.75 Å². The van der Waals surface area contributed by atoms with Crippen molar-refractivity contribution >= 4 is 28.5 Å². The van der Waals surface area contributed by atoms with Crippen molar-refractivity contribution in [3.8, 4) is 5.75 Å². The highest BCUT2D eigenvalue weighted by molar-refractivity contribution is 6.02. The van der Waals surface area contributed by atoms with E-state index in [-0.39, 0.29) is 18.7 Å². The number of nitrogens with zero attached hydrogens (tertiary/aromatic N) is 4. The number of amides is 2.